The average molecular weight is 662 g/mol. The molecule has 2 aliphatic rings. The van der Waals surface area contributed by atoms with E-state index in [9.17, 15) is 18.0 Å². The first-order chi connectivity index (χ1) is 22.5. The van der Waals surface area contributed by atoms with Crippen LogP contribution in [0.2, 0.25) is 0 Å². The second-order valence-corrected chi connectivity index (χ2v) is 14.6. The van der Waals surface area contributed by atoms with Gasteiger partial charge in [0.25, 0.3) is 15.9 Å². The van der Waals surface area contributed by atoms with Gasteiger partial charge in [0.15, 0.2) is 5.82 Å². The zero-order valence-corrected chi connectivity index (χ0v) is 29.1. The number of carbonyl (C=O) groups excluding carboxylic acids is 2. The smallest absolute Gasteiger partial charge is 0.263 e. The van der Waals surface area contributed by atoms with E-state index in [1.165, 1.54) is 0 Å². The van der Waals surface area contributed by atoms with Crippen LogP contribution in [-0.4, -0.2) is 53.6 Å². The van der Waals surface area contributed by atoms with Gasteiger partial charge in [0.1, 0.15) is 17.1 Å². The second-order valence-electron chi connectivity index (χ2n) is 12.9. The van der Waals surface area contributed by atoms with E-state index in [-0.39, 0.29) is 29.1 Å². The van der Waals surface area contributed by atoms with E-state index in [0.717, 1.165) is 74.7 Å². The number of nitrogens with one attached hydrogen (secondary N) is 1. The minimum Gasteiger partial charge on any atom is -0.359 e. The van der Waals surface area contributed by atoms with Gasteiger partial charge in [-0.1, -0.05) is 81.1 Å². The standard InChI is InChI=1S/C36H47N5O5S/c1-6-8-16-32-37-36(20-12-13-21-36)35(43)41(32)23-27-18-19-29(28(22-27)24-40(5)33(42)17-9-7-2)30-14-10-11-15-31(30)47(44,45)39-34-25(3)26(4)46-38-34/h10-11,14-15,18-19,22H,6-9,12-13,16-17,20-21,23-24H2,1-5H3,(H,38,39). The normalized spacial score (nSPS) is 15.8. The molecule has 0 atom stereocenters. The Kier molecular flexibility index (Phi) is 10.5. The van der Waals surface area contributed by atoms with Gasteiger partial charge in [-0.3, -0.25) is 24.2 Å². The van der Waals surface area contributed by atoms with Crippen molar-refractivity contribution < 1.29 is 22.5 Å². The number of amides is 2. The van der Waals surface area contributed by atoms with Gasteiger partial charge in [-0.2, -0.15) is 0 Å². The summed E-state index contributed by atoms with van der Waals surface area (Å²) in [6, 6.07) is 12.7. The molecule has 2 aromatic carbocycles. The molecule has 0 radical (unpaired) electrons. The molecule has 1 aliphatic carbocycles. The molecule has 1 fully saturated rings. The van der Waals surface area contributed by atoms with Gasteiger partial charge in [-0.25, -0.2) is 8.42 Å². The molecule has 0 bridgehead atoms. The van der Waals surface area contributed by atoms with E-state index in [0.29, 0.717) is 35.4 Å². The van der Waals surface area contributed by atoms with Crippen LogP contribution in [0.4, 0.5) is 5.82 Å². The van der Waals surface area contributed by atoms with Crippen LogP contribution in [-0.2, 0) is 32.7 Å². The molecule has 1 spiro atoms. The van der Waals surface area contributed by atoms with E-state index < -0.39 is 15.6 Å². The summed E-state index contributed by atoms with van der Waals surface area (Å²) in [6.45, 7) is 8.31. The third kappa shape index (κ3) is 7.30. The van der Waals surface area contributed by atoms with Crippen molar-refractivity contribution in [3.8, 4) is 11.1 Å². The predicted molar refractivity (Wildman–Crippen MR) is 183 cm³/mol. The van der Waals surface area contributed by atoms with Crippen LogP contribution in [0.25, 0.3) is 11.1 Å². The van der Waals surface area contributed by atoms with Gasteiger partial charge in [0, 0.05) is 37.6 Å². The third-order valence-corrected chi connectivity index (χ3v) is 10.8. The number of sulfonamides is 1. The number of rotatable bonds is 14. The van der Waals surface area contributed by atoms with E-state index in [1.54, 1.807) is 50.1 Å². The van der Waals surface area contributed by atoms with Crippen LogP contribution in [0.5, 0.6) is 0 Å². The number of amidine groups is 1. The van der Waals surface area contributed by atoms with Crippen LogP contribution in [0.1, 0.15) is 101 Å². The van der Waals surface area contributed by atoms with Crippen molar-refractivity contribution >= 4 is 33.5 Å². The minimum atomic E-state index is -4.06. The first-order valence-corrected chi connectivity index (χ1v) is 18.3. The molecule has 47 heavy (non-hydrogen) atoms. The van der Waals surface area contributed by atoms with Gasteiger partial charge in [0.05, 0.1) is 11.4 Å². The number of aliphatic imine (C=N–C) groups is 1. The van der Waals surface area contributed by atoms with Gasteiger partial charge in [-0.15, -0.1) is 0 Å². The summed E-state index contributed by atoms with van der Waals surface area (Å²) in [6.07, 6.45) is 8.47. The fraction of sp³-hybridized carbons (Fsp3) is 0.500. The predicted octanol–water partition coefficient (Wildman–Crippen LogP) is 7.15. The van der Waals surface area contributed by atoms with E-state index in [2.05, 4.69) is 23.7 Å². The molecule has 11 heteroatoms. The van der Waals surface area contributed by atoms with Crippen molar-refractivity contribution in [2.75, 3.05) is 11.8 Å². The maximum Gasteiger partial charge on any atom is 0.263 e. The summed E-state index contributed by atoms with van der Waals surface area (Å²) < 4.78 is 35.3. The highest BCUT2D eigenvalue weighted by molar-refractivity contribution is 7.92. The molecule has 5 rings (SSSR count). The van der Waals surface area contributed by atoms with Crippen LogP contribution in [0.15, 0.2) is 56.9 Å². The maximum absolute atomic E-state index is 13.9. The Hall–Kier alpha value is -3.99. The Morgan fingerprint density at radius 3 is 2.45 bits per heavy atom. The van der Waals surface area contributed by atoms with Crippen molar-refractivity contribution in [3.63, 3.8) is 0 Å². The van der Waals surface area contributed by atoms with Gasteiger partial charge in [-0.05, 0) is 62.3 Å². The molecule has 2 amide bonds. The minimum absolute atomic E-state index is 0.0227. The fourth-order valence-electron chi connectivity index (χ4n) is 6.50. The summed E-state index contributed by atoms with van der Waals surface area (Å²) in [4.78, 5) is 35.6. The average Bonchev–Trinajstić information content (AvgIpc) is 3.73. The summed E-state index contributed by atoms with van der Waals surface area (Å²) in [5.74, 6) is 1.64. The van der Waals surface area contributed by atoms with Crippen LogP contribution >= 0.6 is 0 Å². The third-order valence-electron chi connectivity index (χ3n) is 9.43. The number of anilines is 1. The Bertz CT molecular complexity index is 1760. The molecule has 1 N–H and O–H groups in total. The Morgan fingerprint density at radius 1 is 1.04 bits per heavy atom. The van der Waals surface area contributed by atoms with Crippen molar-refractivity contribution in [2.45, 2.75) is 115 Å². The first kappa shape index (κ1) is 34.3. The Morgan fingerprint density at radius 2 is 1.77 bits per heavy atom. The summed E-state index contributed by atoms with van der Waals surface area (Å²) in [5.41, 5.74) is 2.87. The Balaban J connectivity index is 1.53. The van der Waals surface area contributed by atoms with E-state index in [4.69, 9.17) is 9.52 Å². The first-order valence-electron chi connectivity index (χ1n) is 16.8. The lowest BCUT2D eigenvalue weighted by Crippen LogP contribution is -2.40. The van der Waals surface area contributed by atoms with Crippen molar-refractivity contribution in [1.29, 1.82) is 0 Å². The van der Waals surface area contributed by atoms with Crippen LogP contribution < -0.4 is 4.72 Å². The SMILES string of the molecule is CCCCC(=O)N(C)Cc1cc(CN2C(=O)C3(CCCC3)N=C2CCCC)ccc1-c1ccccc1S(=O)(=O)Nc1noc(C)c1C. The topological polar surface area (TPSA) is 125 Å². The molecule has 1 aromatic heterocycles. The van der Waals surface area contributed by atoms with Crippen molar-refractivity contribution in [2.24, 2.45) is 4.99 Å². The maximum atomic E-state index is 13.9. The molecule has 252 valence electrons. The molecule has 0 unspecified atom stereocenters. The molecular formula is C36H47N5O5S. The largest absolute Gasteiger partial charge is 0.359 e. The number of benzene rings is 2. The lowest BCUT2D eigenvalue weighted by molar-refractivity contribution is -0.131. The van der Waals surface area contributed by atoms with Crippen molar-refractivity contribution in [3.05, 3.63) is 64.9 Å². The lowest BCUT2D eigenvalue weighted by Gasteiger charge is -2.24. The number of hydrogen-bond donors (Lipinski definition) is 1. The zero-order valence-electron chi connectivity index (χ0n) is 28.3. The second kappa shape index (κ2) is 14.4. The molecule has 0 saturated heterocycles. The lowest BCUT2D eigenvalue weighted by atomic mass is 9.95. The molecule has 2 heterocycles. The highest BCUT2D eigenvalue weighted by Gasteiger charge is 2.49. The zero-order chi connectivity index (χ0) is 33.8. The molecule has 1 aliphatic heterocycles. The van der Waals surface area contributed by atoms with Gasteiger partial charge < -0.3 is 9.42 Å². The quantitative estimate of drug-likeness (QED) is 0.196. The summed E-state index contributed by atoms with van der Waals surface area (Å²) in [5, 5.41) is 3.90. The summed E-state index contributed by atoms with van der Waals surface area (Å²) in [7, 11) is -2.29. The number of unbranched alkanes of at least 4 members (excludes halogenated alkanes) is 2. The molecule has 3 aromatic rings. The number of aromatic nitrogens is 1. The molecular weight excluding hydrogens is 614 g/mol. The van der Waals surface area contributed by atoms with Gasteiger partial charge >= 0.3 is 0 Å². The van der Waals surface area contributed by atoms with Gasteiger partial charge in [0.2, 0.25) is 5.91 Å². The monoisotopic (exact) mass is 661 g/mol. The molecule has 10 nitrogen and oxygen atoms in total. The highest BCUT2D eigenvalue weighted by atomic mass is 32.2. The van der Waals surface area contributed by atoms with E-state index >= 15 is 0 Å². The Labute approximate surface area is 278 Å². The molecule has 1 saturated carbocycles. The number of aryl methyl sites for hydroxylation is 1. The fourth-order valence-corrected chi connectivity index (χ4v) is 7.78. The van der Waals surface area contributed by atoms with Crippen LogP contribution in [0, 0.1) is 13.8 Å². The number of carbonyl (C=O) groups is 2. The van der Waals surface area contributed by atoms with Crippen LogP contribution in [0.3, 0.4) is 0 Å². The van der Waals surface area contributed by atoms with E-state index in [1.807, 2.05) is 23.1 Å². The van der Waals surface area contributed by atoms with Crippen molar-refractivity contribution in [1.82, 2.24) is 15.0 Å². The number of nitrogens with zero attached hydrogens (tertiary/aromatic N) is 4. The number of hydrogen-bond acceptors (Lipinski definition) is 7. The highest BCUT2D eigenvalue weighted by Crippen LogP contribution is 2.40. The summed E-state index contributed by atoms with van der Waals surface area (Å²) >= 11 is 0.